The van der Waals surface area contributed by atoms with Gasteiger partial charge in [0.05, 0.1) is 6.04 Å². The Labute approximate surface area is 130 Å². The number of nitrogens with one attached hydrogen (secondary N) is 1. The first kappa shape index (κ1) is 14.4. The van der Waals surface area contributed by atoms with E-state index in [0.29, 0.717) is 18.8 Å². The molecule has 1 aliphatic rings. The van der Waals surface area contributed by atoms with Crippen molar-refractivity contribution in [3.8, 4) is 11.5 Å². The summed E-state index contributed by atoms with van der Waals surface area (Å²) < 4.78 is 11.1. The highest BCUT2D eigenvalue weighted by molar-refractivity contribution is 5.95. The molecule has 0 unspecified atom stereocenters. The van der Waals surface area contributed by atoms with Crippen LogP contribution in [0.1, 0.15) is 34.5 Å². The molecule has 0 fully saturated rings. The molecule has 0 radical (unpaired) electrons. The van der Waals surface area contributed by atoms with Gasteiger partial charge in [0.25, 0.3) is 5.91 Å². The van der Waals surface area contributed by atoms with E-state index in [-0.39, 0.29) is 11.9 Å². The molecule has 3 rings (SSSR count). The second-order valence-corrected chi connectivity index (χ2v) is 5.41. The number of amides is 1. The summed E-state index contributed by atoms with van der Waals surface area (Å²) in [4.78, 5) is 12.4. The monoisotopic (exact) mass is 297 g/mol. The Bertz CT molecular complexity index is 696. The largest absolute Gasteiger partial charge is 0.486 e. The van der Waals surface area contributed by atoms with Gasteiger partial charge in [0.2, 0.25) is 0 Å². The van der Waals surface area contributed by atoms with E-state index in [1.165, 1.54) is 0 Å². The lowest BCUT2D eigenvalue weighted by molar-refractivity contribution is 0.0939. The van der Waals surface area contributed by atoms with Crippen molar-refractivity contribution < 1.29 is 14.3 Å². The molecular formula is C18H19NO3. The van der Waals surface area contributed by atoms with E-state index in [1.807, 2.05) is 56.3 Å². The summed E-state index contributed by atoms with van der Waals surface area (Å²) >= 11 is 0. The quantitative estimate of drug-likeness (QED) is 0.946. The molecule has 0 bridgehead atoms. The average molecular weight is 297 g/mol. The molecule has 4 nitrogen and oxygen atoms in total. The molecule has 2 aromatic carbocycles. The molecule has 0 saturated heterocycles. The third kappa shape index (κ3) is 2.91. The number of carbonyl (C=O) groups is 1. The Morgan fingerprint density at radius 2 is 1.82 bits per heavy atom. The maximum Gasteiger partial charge on any atom is 0.252 e. The lowest BCUT2D eigenvalue weighted by Crippen LogP contribution is -2.27. The van der Waals surface area contributed by atoms with Crippen LogP contribution < -0.4 is 14.8 Å². The van der Waals surface area contributed by atoms with Crippen molar-refractivity contribution >= 4 is 5.91 Å². The zero-order chi connectivity index (χ0) is 15.5. The van der Waals surface area contributed by atoms with Crippen molar-refractivity contribution in [1.29, 1.82) is 0 Å². The second kappa shape index (κ2) is 6.10. The summed E-state index contributed by atoms with van der Waals surface area (Å²) in [6, 6.07) is 13.2. The number of hydrogen-bond donors (Lipinski definition) is 1. The summed E-state index contributed by atoms with van der Waals surface area (Å²) in [6.45, 7) is 5.03. The first-order valence-electron chi connectivity index (χ1n) is 7.41. The summed E-state index contributed by atoms with van der Waals surface area (Å²) in [5, 5.41) is 3.02. The Balaban J connectivity index is 1.76. The van der Waals surface area contributed by atoms with E-state index in [1.54, 1.807) is 0 Å². The van der Waals surface area contributed by atoms with Crippen molar-refractivity contribution in [2.75, 3.05) is 13.2 Å². The molecule has 0 spiro atoms. The number of benzene rings is 2. The fourth-order valence-corrected chi connectivity index (χ4v) is 2.51. The van der Waals surface area contributed by atoms with E-state index in [4.69, 9.17) is 9.47 Å². The van der Waals surface area contributed by atoms with Gasteiger partial charge in [-0.15, -0.1) is 0 Å². The fourth-order valence-electron chi connectivity index (χ4n) is 2.51. The zero-order valence-corrected chi connectivity index (χ0v) is 12.8. The van der Waals surface area contributed by atoms with E-state index in [0.717, 1.165) is 22.6 Å². The van der Waals surface area contributed by atoms with Gasteiger partial charge < -0.3 is 14.8 Å². The minimum atomic E-state index is -0.108. The smallest absolute Gasteiger partial charge is 0.252 e. The van der Waals surface area contributed by atoms with Gasteiger partial charge in [-0.2, -0.15) is 0 Å². The van der Waals surface area contributed by atoms with Gasteiger partial charge >= 0.3 is 0 Å². The van der Waals surface area contributed by atoms with Crippen molar-refractivity contribution in [1.82, 2.24) is 5.32 Å². The molecule has 0 aromatic heterocycles. The van der Waals surface area contributed by atoms with Crippen LogP contribution >= 0.6 is 0 Å². The highest BCUT2D eigenvalue weighted by Crippen LogP contribution is 2.32. The Morgan fingerprint density at radius 1 is 1.09 bits per heavy atom. The van der Waals surface area contributed by atoms with Crippen molar-refractivity contribution in [2.45, 2.75) is 19.9 Å². The van der Waals surface area contributed by atoms with Crippen molar-refractivity contribution in [2.24, 2.45) is 0 Å². The van der Waals surface area contributed by atoms with Crippen molar-refractivity contribution in [3.63, 3.8) is 0 Å². The molecule has 4 heteroatoms. The van der Waals surface area contributed by atoms with Gasteiger partial charge in [-0.1, -0.05) is 24.3 Å². The number of aryl methyl sites for hydroxylation is 1. The van der Waals surface area contributed by atoms with E-state index < -0.39 is 0 Å². The van der Waals surface area contributed by atoms with E-state index >= 15 is 0 Å². The minimum absolute atomic E-state index is 0.0690. The number of hydrogen-bond acceptors (Lipinski definition) is 3. The maximum atomic E-state index is 12.4. The van der Waals surface area contributed by atoms with Crippen molar-refractivity contribution in [3.05, 3.63) is 59.2 Å². The number of ether oxygens (including phenoxy) is 2. The van der Waals surface area contributed by atoms with Gasteiger partial charge in [-0.25, -0.2) is 0 Å². The Kier molecular flexibility index (Phi) is 4.00. The summed E-state index contributed by atoms with van der Waals surface area (Å²) in [7, 11) is 0. The molecule has 1 N–H and O–H groups in total. The fraction of sp³-hybridized carbons (Fsp3) is 0.278. The van der Waals surface area contributed by atoms with Crippen LogP contribution in [0.4, 0.5) is 0 Å². The molecule has 114 valence electrons. The lowest BCUT2D eigenvalue weighted by atomic mass is 10.1. The van der Waals surface area contributed by atoms with Gasteiger partial charge in [-0.3, -0.25) is 4.79 Å². The van der Waals surface area contributed by atoms with Gasteiger partial charge in [-0.05, 0) is 43.2 Å². The van der Waals surface area contributed by atoms with Gasteiger partial charge in [0.15, 0.2) is 11.5 Å². The van der Waals surface area contributed by atoms with Crippen LogP contribution in [0.2, 0.25) is 0 Å². The molecule has 0 aliphatic carbocycles. The summed E-state index contributed by atoms with van der Waals surface area (Å²) in [5.74, 6) is 1.42. The molecule has 0 saturated carbocycles. The van der Waals surface area contributed by atoms with Crippen LogP contribution in [0.25, 0.3) is 0 Å². The van der Waals surface area contributed by atoms with Gasteiger partial charge in [0.1, 0.15) is 13.2 Å². The Hall–Kier alpha value is -2.49. The molecule has 1 heterocycles. The number of carbonyl (C=O) groups excluding carboxylic acids is 1. The number of fused-ring (bicyclic) bond motifs is 1. The minimum Gasteiger partial charge on any atom is -0.486 e. The predicted molar refractivity (Wildman–Crippen MR) is 84.5 cm³/mol. The van der Waals surface area contributed by atoms with Gasteiger partial charge in [0, 0.05) is 5.56 Å². The number of rotatable bonds is 3. The zero-order valence-electron chi connectivity index (χ0n) is 12.8. The van der Waals surface area contributed by atoms with E-state index in [9.17, 15) is 4.79 Å². The highest BCUT2D eigenvalue weighted by atomic mass is 16.6. The standard InChI is InChI=1S/C18H19NO3/c1-12-5-3-4-6-15(12)18(20)19-13(2)14-7-8-16-17(11-14)22-10-9-21-16/h3-8,11,13H,9-10H2,1-2H3,(H,19,20)/t13-/m1/s1. The summed E-state index contributed by atoms with van der Waals surface area (Å²) in [6.07, 6.45) is 0. The Morgan fingerprint density at radius 3 is 2.59 bits per heavy atom. The van der Waals surface area contributed by atoms with Crippen LogP contribution in [-0.4, -0.2) is 19.1 Å². The third-order valence-corrected chi connectivity index (χ3v) is 3.80. The maximum absolute atomic E-state index is 12.4. The molecule has 2 aromatic rings. The molecule has 1 atom stereocenters. The average Bonchev–Trinajstić information content (AvgIpc) is 2.54. The highest BCUT2D eigenvalue weighted by Gasteiger charge is 2.17. The SMILES string of the molecule is Cc1ccccc1C(=O)N[C@H](C)c1ccc2c(c1)OCCO2. The molecular weight excluding hydrogens is 278 g/mol. The van der Waals surface area contributed by atoms with E-state index in [2.05, 4.69) is 5.32 Å². The van der Waals surface area contributed by atoms with Crippen LogP contribution in [-0.2, 0) is 0 Å². The van der Waals surface area contributed by atoms with Crippen LogP contribution in [0, 0.1) is 6.92 Å². The molecule has 1 aliphatic heterocycles. The van der Waals surface area contributed by atoms with Crippen LogP contribution in [0.3, 0.4) is 0 Å². The van der Waals surface area contributed by atoms with Crippen LogP contribution in [0.5, 0.6) is 11.5 Å². The normalized spacial score (nSPS) is 14.3. The first-order valence-corrected chi connectivity index (χ1v) is 7.41. The summed E-state index contributed by atoms with van der Waals surface area (Å²) in [5.41, 5.74) is 2.66. The van der Waals surface area contributed by atoms with Crippen LogP contribution in [0.15, 0.2) is 42.5 Å². The first-order chi connectivity index (χ1) is 10.6. The lowest BCUT2D eigenvalue weighted by Gasteiger charge is -2.21. The molecule has 1 amide bonds. The predicted octanol–water partition coefficient (Wildman–Crippen LogP) is 3.26. The topological polar surface area (TPSA) is 47.6 Å². The molecule has 22 heavy (non-hydrogen) atoms. The second-order valence-electron chi connectivity index (χ2n) is 5.41. The third-order valence-electron chi connectivity index (χ3n) is 3.80.